The normalized spacial score (nSPS) is 16.0. The van der Waals surface area contributed by atoms with Crippen molar-refractivity contribution in [1.82, 2.24) is 14.9 Å². The number of rotatable bonds is 4. The molecule has 1 atom stereocenters. The number of pyridine rings is 1. The number of carbonyl (C=O) groups excluding carboxylic acids is 2. The van der Waals surface area contributed by atoms with Crippen molar-refractivity contribution in [2.24, 2.45) is 5.92 Å². The largest absolute Gasteiger partial charge is 0.359 e. The second-order valence-corrected chi connectivity index (χ2v) is 8.92. The maximum atomic E-state index is 13.4. The average molecular weight is 417 g/mol. The fraction of sp³-hybridized carbons (Fsp3) is 0.320. The van der Waals surface area contributed by atoms with E-state index in [0.29, 0.717) is 12.0 Å². The summed E-state index contributed by atoms with van der Waals surface area (Å²) < 4.78 is 2.22. The SMILES string of the molecule is CNC(=O)C1CC(=O)c2c(Nc3ccccc3)c(-c3ccncc3)n(C(C)(C)C)c2C1. The Morgan fingerprint density at radius 1 is 1.06 bits per heavy atom. The van der Waals surface area contributed by atoms with Crippen molar-refractivity contribution in [3.63, 3.8) is 0 Å². The van der Waals surface area contributed by atoms with E-state index in [0.717, 1.165) is 28.3 Å². The van der Waals surface area contributed by atoms with Crippen LogP contribution in [0.5, 0.6) is 0 Å². The van der Waals surface area contributed by atoms with Gasteiger partial charge < -0.3 is 15.2 Å². The zero-order chi connectivity index (χ0) is 22.2. The molecule has 0 saturated carbocycles. The summed E-state index contributed by atoms with van der Waals surface area (Å²) in [6.07, 6.45) is 4.25. The first-order valence-electron chi connectivity index (χ1n) is 10.6. The molecular weight excluding hydrogens is 388 g/mol. The van der Waals surface area contributed by atoms with Gasteiger partial charge in [-0.3, -0.25) is 14.6 Å². The Morgan fingerprint density at radius 3 is 2.35 bits per heavy atom. The molecule has 6 heteroatoms. The zero-order valence-corrected chi connectivity index (χ0v) is 18.4. The number of carbonyl (C=O) groups is 2. The molecular formula is C25H28N4O2. The molecule has 2 N–H and O–H groups in total. The molecule has 1 aliphatic carbocycles. The molecule has 4 rings (SSSR count). The summed E-state index contributed by atoms with van der Waals surface area (Å²) in [5.41, 5.74) is 4.91. The van der Waals surface area contributed by atoms with Gasteiger partial charge in [-0.1, -0.05) is 18.2 Å². The lowest BCUT2D eigenvalue weighted by Gasteiger charge is -2.30. The number of ketones is 1. The van der Waals surface area contributed by atoms with Crippen LogP contribution in [0.3, 0.4) is 0 Å². The monoisotopic (exact) mass is 416 g/mol. The van der Waals surface area contributed by atoms with Gasteiger partial charge in [-0.05, 0) is 45.0 Å². The van der Waals surface area contributed by atoms with E-state index >= 15 is 0 Å². The number of amides is 1. The van der Waals surface area contributed by atoms with Crippen LogP contribution < -0.4 is 10.6 Å². The van der Waals surface area contributed by atoms with Gasteiger partial charge in [-0.25, -0.2) is 0 Å². The molecule has 1 aromatic carbocycles. The molecule has 0 bridgehead atoms. The minimum absolute atomic E-state index is 0.00779. The van der Waals surface area contributed by atoms with Crippen molar-refractivity contribution in [3.05, 3.63) is 66.1 Å². The maximum absolute atomic E-state index is 13.4. The lowest BCUT2D eigenvalue weighted by Crippen LogP contribution is -2.36. The number of fused-ring (bicyclic) bond motifs is 1. The van der Waals surface area contributed by atoms with Gasteiger partial charge in [0.15, 0.2) is 5.78 Å². The number of nitrogens with one attached hydrogen (secondary N) is 2. The Kier molecular flexibility index (Phi) is 5.39. The highest BCUT2D eigenvalue weighted by Gasteiger charge is 2.39. The van der Waals surface area contributed by atoms with Crippen molar-refractivity contribution in [3.8, 4) is 11.3 Å². The van der Waals surface area contributed by atoms with Crippen LogP contribution in [-0.2, 0) is 16.8 Å². The standard InChI is InChI=1S/C25H28N4O2/c1-25(2,3)29-19-14-17(24(31)26-4)15-20(30)21(19)22(28-18-8-6-5-7-9-18)23(29)16-10-12-27-13-11-16/h5-13,17,28H,14-15H2,1-4H3,(H,26,31). The first-order valence-corrected chi connectivity index (χ1v) is 10.6. The summed E-state index contributed by atoms with van der Waals surface area (Å²) in [4.78, 5) is 30.0. The second-order valence-electron chi connectivity index (χ2n) is 8.92. The van der Waals surface area contributed by atoms with Gasteiger partial charge >= 0.3 is 0 Å². The number of nitrogens with zero attached hydrogens (tertiary/aromatic N) is 2. The van der Waals surface area contributed by atoms with Gasteiger partial charge in [0.05, 0.1) is 22.9 Å². The Bertz CT molecular complexity index is 1110. The minimum atomic E-state index is -0.365. The molecule has 3 aromatic rings. The third kappa shape index (κ3) is 3.85. The molecule has 31 heavy (non-hydrogen) atoms. The Morgan fingerprint density at radius 2 is 1.74 bits per heavy atom. The summed E-state index contributed by atoms with van der Waals surface area (Å²) in [6, 6.07) is 13.8. The lowest BCUT2D eigenvalue weighted by molar-refractivity contribution is -0.124. The molecule has 2 aromatic heterocycles. The number of aromatic nitrogens is 2. The summed E-state index contributed by atoms with van der Waals surface area (Å²) in [5, 5.41) is 6.23. The van der Waals surface area contributed by atoms with E-state index in [2.05, 4.69) is 41.0 Å². The number of hydrogen-bond donors (Lipinski definition) is 2. The zero-order valence-electron chi connectivity index (χ0n) is 18.4. The Labute approximate surface area is 182 Å². The van der Waals surface area contributed by atoms with E-state index in [4.69, 9.17) is 0 Å². The molecule has 0 aliphatic heterocycles. The number of anilines is 2. The van der Waals surface area contributed by atoms with Crippen molar-refractivity contribution >= 4 is 23.1 Å². The molecule has 1 amide bonds. The second kappa shape index (κ2) is 8.02. The predicted molar refractivity (Wildman–Crippen MR) is 123 cm³/mol. The Hall–Kier alpha value is -3.41. The predicted octanol–water partition coefficient (Wildman–Crippen LogP) is 4.54. The Balaban J connectivity index is 2.01. The molecule has 1 aliphatic rings. The maximum Gasteiger partial charge on any atom is 0.223 e. The highest BCUT2D eigenvalue weighted by molar-refractivity contribution is 6.09. The molecule has 0 fully saturated rings. The van der Waals surface area contributed by atoms with Crippen molar-refractivity contribution in [2.75, 3.05) is 12.4 Å². The van der Waals surface area contributed by atoms with Crippen LogP contribution in [0.4, 0.5) is 11.4 Å². The quantitative estimate of drug-likeness (QED) is 0.655. The summed E-state index contributed by atoms with van der Waals surface area (Å²) in [5.74, 6) is -0.467. The van der Waals surface area contributed by atoms with Crippen LogP contribution >= 0.6 is 0 Å². The van der Waals surface area contributed by atoms with E-state index in [-0.39, 0.29) is 29.6 Å². The molecule has 1 unspecified atom stereocenters. The smallest absolute Gasteiger partial charge is 0.223 e. The number of benzene rings is 1. The van der Waals surface area contributed by atoms with Gasteiger partial charge in [0.1, 0.15) is 0 Å². The first kappa shape index (κ1) is 20.8. The molecule has 0 radical (unpaired) electrons. The van der Waals surface area contributed by atoms with Crippen molar-refractivity contribution in [1.29, 1.82) is 0 Å². The molecule has 160 valence electrons. The topological polar surface area (TPSA) is 76.0 Å². The van der Waals surface area contributed by atoms with E-state index in [1.165, 1.54) is 0 Å². The van der Waals surface area contributed by atoms with Crippen molar-refractivity contribution in [2.45, 2.75) is 39.2 Å². The summed E-state index contributed by atoms with van der Waals surface area (Å²) in [6.45, 7) is 6.37. The van der Waals surface area contributed by atoms with E-state index < -0.39 is 0 Å². The van der Waals surface area contributed by atoms with Gasteiger partial charge in [0.25, 0.3) is 0 Å². The molecule has 0 saturated heterocycles. The number of Topliss-reactive ketones (excluding diaryl/α,β-unsaturated/α-hetero) is 1. The van der Waals surface area contributed by atoms with Crippen LogP contribution in [0.25, 0.3) is 11.3 Å². The van der Waals surface area contributed by atoms with Crippen LogP contribution in [0.2, 0.25) is 0 Å². The third-order valence-electron chi connectivity index (χ3n) is 5.70. The summed E-state index contributed by atoms with van der Waals surface area (Å²) >= 11 is 0. The van der Waals surface area contributed by atoms with Gasteiger partial charge in [0, 0.05) is 54.8 Å². The van der Waals surface area contributed by atoms with E-state index in [1.54, 1.807) is 19.4 Å². The molecule has 0 spiro atoms. The minimum Gasteiger partial charge on any atom is -0.359 e. The van der Waals surface area contributed by atoms with Crippen LogP contribution in [-0.4, -0.2) is 28.3 Å². The van der Waals surface area contributed by atoms with E-state index in [1.807, 2.05) is 42.5 Å². The average Bonchev–Trinajstić information content (AvgIpc) is 3.09. The van der Waals surface area contributed by atoms with Crippen LogP contribution in [0, 0.1) is 5.92 Å². The fourth-order valence-electron chi connectivity index (χ4n) is 4.45. The van der Waals surface area contributed by atoms with Gasteiger partial charge in [-0.15, -0.1) is 0 Å². The molecule has 6 nitrogen and oxygen atoms in total. The number of hydrogen-bond acceptors (Lipinski definition) is 4. The molecule has 2 heterocycles. The van der Waals surface area contributed by atoms with Crippen molar-refractivity contribution < 1.29 is 9.59 Å². The van der Waals surface area contributed by atoms with E-state index in [9.17, 15) is 9.59 Å². The van der Waals surface area contributed by atoms with Gasteiger partial charge in [0.2, 0.25) is 5.91 Å². The van der Waals surface area contributed by atoms with Crippen LogP contribution in [0.1, 0.15) is 43.2 Å². The highest BCUT2D eigenvalue weighted by atomic mass is 16.2. The van der Waals surface area contributed by atoms with Gasteiger partial charge in [-0.2, -0.15) is 0 Å². The lowest BCUT2D eigenvalue weighted by atomic mass is 9.85. The van der Waals surface area contributed by atoms with Crippen LogP contribution in [0.15, 0.2) is 54.9 Å². The summed E-state index contributed by atoms with van der Waals surface area (Å²) in [7, 11) is 1.62. The third-order valence-corrected chi connectivity index (χ3v) is 5.70. The highest BCUT2D eigenvalue weighted by Crippen LogP contribution is 2.45. The number of para-hydroxylation sites is 1. The first-order chi connectivity index (χ1) is 14.8. The fourth-order valence-corrected chi connectivity index (χ4v) is 4.45.